The van der Waals surface area contributed by atoms with Crippen molar-refractivity contribution in [3.63, 3.8) is 0 Å². The van der Waals surface area contributed by atoms with Crippen molar-refractivity contribution in [1.82, 2.24) is 4.98 Å². The predicted octanol–water partition coefficient (Wildman–Crippen LogP) is 4.11. The van der Waals surface area contributed by atoms with Crippen LogP contribution in [0.5, 0.6) is 0 Å². The molecular formula is C15H21NO2S. The van der Waals surface area contributed by atoms with E-state index in [-0.39, 0.29) is 5.41 Å². The zero-order valence-electron chi connectivity index (χ0n) is 11.8. The van der Waals surface area contributed by atoms with Crippen LogP contribution in [0, 0.1) is 0 Å². The molecule has 0 amide bonds. The lowest BCUT2D eigenvalue weighted by Gasteiger charge is -2.19. The molecule has 1 aromatic rings. The highest BCUT2D eigenvalue weighted by atomic mass is 32.2. The van der Waals surface area contributed by atoms with Crippen LogP contribution in [0.2, 0.25) is 0 Å². The van der Waals surface area contributed by atoms with Crippen LogP contribution in [0.25, 0.3) is 0 Å². The van der Waals surface area contributed by atoms with Gasteiger partial charge in [-0.2, -0.15) is 0 Å². The fourth-order valence-electron chi connectivity index (χ4n) is 2.25. The van der Waals surface area contributed by atoms with Gasteiger partial charge in [-0.1, -0.05) is 33.6 Å². The van der Waals surface area contributed by atoms with Crippen molar-refractivity contribution in [1.29, 1.82) is 0 Å². The van der Waals surface area contributed by atoms with Crippen LogP contribution >= 0.6 is 11.8 Å². The number of pyridine rings is 1. The molecule has 0 aliphatic heterocycles. The van der Waals surface area contributed by atoms with Crippen LogP contribution in [0.3, 0.4) is 0 Å². The van der Waals surface area contributed by atoms with Crippen LogP contribution in [0.4, 0.5) is 0 Å². The van der Waals surface area contributed by atoms with Crippen molar-refractivity contribution in [2.75, 3.05) is 0 Å². The summed E-state index contributed by atoms with van der Waals surface area (Å²) in [6.07, 6.45) is 4.99. The maximum Gasteiger partial charge on any atom is 0.335 e. The predicted molar refractivity (Wildman–Crippen MR) is 78.0 cm³/mol. The number of carboxylic acid groups (broad SMARTS) is 1. The average Bonchev–Trinajstić information content (AvgIpc) is 2.80. The monoisotopic (exact) mass is 279 g/mol. The Labute approximate surface area is 118 Å². The summed E-state index contributed by atoms with van der Waals surface area (Å²) in [6.45, 7) is 6.18. The van der Waals surface area contributed by atoms with Crippen molar-refractivity contribution >= 4 is 17.7 Å². The normalized spacial score (nSPS) is 16.8. The molecule has 1 fully saturated rings. The van der Waals surface area contributed by atoms with Gasteiger partial charge < -0.3 is 5.11 Å². The second-order valence-electron chi connectivity index (χ2n) is 6.16. The SMILES string of the molecule is CC(C)(C)c1cc(C(=O)O)cc(SC2CCCC2)n1. The molecule has 0 atom stereocenters. The molecule has 1 N–H and O–H groups in total. The molecule has 1 aromatic heterocycles. The van der Waals surface area contributed by atoms with Gasteiger partial charge in [0, 0.05) is 16.4 Å². The molecule has 3 nitrogen and oxygen atoms in total. The summed E-state index contributed by atoms with van der Waals surface area (Å²) in [4.78, 5) is 15.9. The summed E-state index contributed by atoms with van der Waals surface area (Å²) >= 11 is 1.74. The van der Waals surface area contributed by atoms with Gasteiger partial charge >= 0.3 is 5.97 Å². The summed E-state index contributed by atoms with van der Waals surface area (Å²) in [6, 6.07) is 3.40. The number of carboxylic acids is 1. The number of aromatic carboxylic acids is 1. The van der Waals surface area contributed by atoms with E-state index in [2.05, 4.69) is 25.8 Å². The number of nitrogens with zero attached hydrogens (tertiary/aromatic N) is 1. The lowest BCUT2D eigenvalue weighted by Crippen LogP contribution is -2.15. The Hall–Kier alpha value is -1.03. The first kappa shape index (κ1) is 14.4. The van der Waals surface area contributed by atoms with E-state index in [4.69, 9.17) is 0 Å². The molecule has 0 aromatic carbocycles. The first-order chi connectivity index (χ1) is 8.86. The summed E-state index contributed by atoms with van der Waals surface area (Å²) < 4.78 is 0. The molecule has 0 unspecified atom stereocenters. The van der Waals surface area contributed by atoms with Crippen LogP contribution in [-0.2, 0) is 5.41 Å². The molecule has 19 heavy (non-hydrogen) atoms. The Morgan fingerprint density at radius 3 is 2.47 bits per heavy atom. The van der Waals surface area contributed by atoms with Crippen molar-refractivity contribution in [2.24, 2.45) is 0 Å². The third-order valence-electron chi connectivity index (χ3n) is 3.41. The van der Waals surface area contributed by atoms with E-state index in [1.54, 1.807) is 23.9 Å². The maximum atomic E-state index is 11.2. The van der Waals surface area contributed by atoms with Crippen LogP contribution in [0.1, 0.15) is 62.5 Å². The van der Waals surface area contributed by atoms with E-state index in [1.165, 1.54) is 25.7 Å². The first-order valence-corrected chi connectivity index (χ1v) is 7.67. The van der Waals surface area contributed by atoms with Crippen LogP contribution in [0.15, 0.2) is 17.2 Å². The lowest BCUT2D eigenvalue weighted by molar-refractivity contribution is 0.0696. The summed E-state index contributed by atoms with van der Waals surface area (Å²) in [5.41, 5.74) is 1.07. The van der Waals surface area contributed by atoms with E-state index in [9.17, 15) is 9.90 Å². The van der Waals surface area contributed by atoms with Gasteiger partial charge in [0.2, 0.25) is 0 Å². The molecule has 0 spiro atoms. The smallest absolute Gasteiger partial charge is 0.335 e. The van der Waals surface area contributed by atoms with Crippen LogP contribution < -0.4 is 0 Å². The molecule has 1 heterocycles. The summed E-state index contributed by atoms with van der Waals surface area (Å²) in [5, 5.41) is 10.7. The van der Waals surface area contributed by atoms with Gasteiger partial charge in [0.1, 0.15) is 0 Å². The van der Waals surface area contributed by atoms with E-state index in [1.807, 2.05) is 0 Å². The van der Waals surface area contributed by atoms with Gasteiger partial charge in [-0.15, -0.1) is 11.8 Å². The van der Waals surface area contributed by atoms with Crippen LogP contribution in [-0.4, -0.2) is 21.3 Å². The van der Waals surface area contributed by atoms with Gasteiger partial charge in [0.05, 0.1) is 10.6 Å². The van der Waals surface area contributed by atoms with Gasteiger partial charge in [-0.3, -0.25) is 0 Å². The topological polar surface area (TPSA) is 50.2 Å². The van der Waals surface area contributed by atoms with E-state index in [0.717, 1.165) is 10.7 Å². The largest absolute Gasteiger partial charge is 0.478 e. The molecular weight excluding hydrogens is 258 g/mol. The number of aromatic nitrogens is 1. The number of rotatable bonds is 3. The van der Waals surface area contributed by atoms with Crippen molar-refractivity contribution in [3.05, 3.63) is 23.4 Å². The number of hydrogen-bond acceptors (Lipinski definition) is 3. The zero-order chi connectivity index (χ0) is 14.0. The molecule has 1 saturated carbocycles. The van der Waals surface area contributed by atoms with Crippen molar-refractivity contribution in [2.45, 2.75) is 62.1 Å². The zero-order valence-corrected chi connectivity index (χ0v) is 12.6. The Balaban J connectivity index is 2.31. The van der Waals surface area contributed by atoms with E-state index in [0.29, 0.717) is 10.8 Å². The highest BCUT2D eigenvalue weighted by Gasteiger charge is 2.22. The quantitative estimate of drug-likeness (QED) is 0.904. The maximum absolute atomic E-state index is 11.2. The lowest BCUT2D eigenvalue weighted by atomic mass is 9.91. The van der Waals surface area contributed by atoms with Gasteiger partial charge in [-0.25, -0.2) is 9.78 Å². The van der Waals surface area contributed by atoms with Gasteiger partial charge in [0.25, 0.3) is 0 Å². The molecule has 2 rings (SSSR count). The molecule has 1 aliphatic carbocycles. The second kappa shape index (κ2) is 5.53. The number of hydrogen-bond donors (Lipinski definition) is 1. The molecule has 0 saturated heterocycles. The summed E-state index contributed by atoms with van der Waals surface area (Å²) in [7, 11) is 0. The molecule has 4 heteroatoms. The van der Waals surface area contributed by atoms with Crippen molar-refractivity contribution in [3.8, 4) is 0 Å². The summed E-state index contributed by atoms with van der Waals surface area (Å²) in [5.74, 6) is -0.874. The minimum absolute atomic E-state index is 0.129. The third-order valence-corrected chi connectivity index (χ3v) is 4.66. The Kier molecular flexibility index (Phi) is 4.19. The average molecular weight is 279 g/mol. The fraction of sp³-hybridized carbons (Fsp3) is 0.600. The van der Waals surface area contributed by atoms with Gasteiger partial charge in [-0.05, 0) is 25.0 Å². The Morgan fingerprint density at radius 1 is 1.32 bits per heavy atom. The second-order valence-corrected chi connectivity index (χ2v) is 7.48. The minimum atomic E-state index is -0.874. The third kappa shape index (κ3) is 3.72. The highest BCUT2D eigenvalue weighted by Crippen LogP contribution is 2.35. The standard InChI is InChI=1S/C15H21NO2S/c1-15(2,3)12-8-10(14(17)18)9-13(16-12)19-11-6-4-5-7-11/h8-9,11H,4-7H2,1-3H3,(H,17,18). The molecule has 1 aliphatic rings. The molecule has 104 valence electrons. The number of carbonyl (C=O) groups is 1. The van der Waals surface area contributed by atoms with Gasteiger partial charge in [0.15, 0.2) is 0 Å². The van der Waals surface area contributed by atoms with E-state index < -0.39 is 5.97 Å². The first-order valence-electron chi connectivity index (χ1n) is 6.79. The fourth-order valence-corrected chi connectivity index (χ4v) is 3.51. The minimum Gasteiger partial charge on any atom is -0.478 e. The highest BCUT2D eigenvalue weighted by molar-refractivity contribution is 7.99. The van der Waals surface area contributed by atoms with E-state index >= 15 is 0 Å². The Bertz CT molecular complexity index is 474. The van der Waals surface area contributed by atoms with Crippen molar-refractivity contribution < 1.29 is 9.90 Å². The molecule has 0 bridgehead atoms. The Morgan fingerprint density at radius 2 is 1.95 bits per heavy atom. The number of thioether (sulfide) groups is 1. The molecule has 0 radical (unpaired) electrons.